The monoisotopic (exact) mass is 255 g/mol. The number of benzene rings is 1. The molecule has 0 aromatic heterocycles. The SMILES string of the molecule is O=C1NCCCCC1Cc1ccc(F)c(Cl)c1. The summed E-state index contributed by atoms with van der Waals surface area (Å²) in [6, 6.07) is 4.65. The van der Waals surface area contributed by atoms with Crippen LogP contribution in [-0.2, 0) is 11.2 Å². The molecule has 92 valence electrons. The number of carbonyl (C=O) groups excluding carboxylic acids is 1. The number of carbonyl (C=O) groups is 1. The molecular formula is C13H15ClFNO. The molecule has 0 spiro atoms. The molecular weight excluding hydrogens is 241 g/mol. The number of nitrogens with one attached hydrogen (secondary N) is 1. The lowest BCUT2D eigenvalue weighted by molar-refractivity contribution is -0.124. The molecule has 1 aliphatic heterocycles. The lowest BCUT2D eigenvalue weighted by atomic mass is 9.94. The van der Waals surface area contributed by atoms with Crippen LogP contribution < -0.4 is 5.32 Å². The summed E-state index contributed by atoms with van der Waals surface area (Å²) in [5.74, 6) is -0.331. The van der Waals surface area contributed by atoms with Gasteiger partial charge in [-0.1, -0.05) is 24.1 Å². The van der Waals surface area contributed by atoms with E-state index < -0.39 is 5.82 Å². The van der Waals surface area contributed by atoms with Crippen molar-refractivity contribution in [3.63, 3.8) is 0 Å². The Bertz CT molecular complexity index is 422. The molecule has 1 atom stereocenters. The first-order chi connectivity index (χ1) is 8.16. The van der Waals surface area contributed by atoms with Crippen LogP contribution in [-0.4, -0.2) is 12.5 Å². The Kier molecular flexibility index (Phi) is 4.00. The Morgan fingerprint density at radius 2 is 2.24 bits per heavy atom. The van der Waals surface area contributed by atoms with Gasteiger partial charge < -0.3 is 5.32 Å². The topological polar surface area (TPSA) is 29.1 Å². The van der Waals surface area contributed by atoms with Crippen molar-refractivity contribution in [2.24, 2.45) is 5.92 Å². The van der Waals surface area contributed by atoms with Gasteiger partial charge in [0.2, 0.25) is 5.91 Å². The zero-order valence-corrected chi connectivity index (χ0v) is 10.3. The second-order valence-electron chi connectivity index (χ2n) is 4.44. The standard InChI is InChI=1S/C13H15ClFNO/c14-11-8-9(4-5-12(11)15)7-10-3-1-2-6-16-13(10)17/h4-5,8,10H,1-3,6-7H2,(H,16,17). The van der Waals surface area contributed by atoms with E-state index in [1.165, 1.54) is 6.07 Å². The molecule has 1 aromatic rings. The summed E-state index contributed by atoms with van der Waals surface area (Å²) in [6.07, 6.45) is 3.61. The van der Waals surface area contributed by atoms with E-state index in [0.29, 0.717) is 6.42 Å². The first-order valence-corrected chi connectivity index (χ1v) is 6.26. The average molecular weight is 256 g/mol. The van der Waals surface area contributed by atoms with Crippen molar-refractivity contribution < 1.29 is 9.18 Å². The third-order valence-corrected chi connectivity index (χ3v) is 3.41. The number of halogens is 2. The van der Waals surface area contributed by atoms with E-state index in [1.54, 1.807) is 12.1 Å². The molecule has 17 heavy (non-hydrogen) atoms. The molecule has 1 aliphatic rings. The van der Waals surface area contributed by atoms with Crippen molar-refractivity contribution in [1.82, 2.24) is 5.32 Å². The molecule has 0 saturated carbocycles. The molecule has 4 heteroatoms. The molecule has 2 nitrogen and oxygen atoms in total. The minimum atomic E-state index is -0.416. The van der Waals surface area contributed by atoms with Crippen LogP contribution in [0.1, 0.15) is 24.8 Å². The van der Waals surface area contributed by atoms with Gasteiger partial charge >= 0.3 is 0 Å². The molecule has 1 saturated heterocycles. The van der Waals surface area contributed by atoms with Gasteiger partial charge in [-0.2, -0.15) is 0 Å². The van der Waals surface area contributed by atoms with Crippen molar-refractivity contribution in [3.8, 4) is 0 Å². The van der Waals surface area contributed by atoms with Gasteiger partial charge in [0, 0.05) is 12.5 Å². The summed E-state index contributed by atoms with van der Waals surface area (Å²) >= 11 is 5.72. The number of amides is 1. The molecule has 1 amide bonds. The number of hydrogen-bond donors (Lipinski definition) is 1. The van der Waals surface area contributed by atoms with Gasteiger partial charge in [-0.15, -0.1) is 0 Å². The zero-order valence-electron chi connectivity index (χ0n) is 9.51. The van der Waals surface area contributed by atoms with E-state index in [4.69, 9.17) is 11.6 Å². The predicted octanol–water partition coefficient (Wildman–Crippen LogP) is 2.94. The molecule has 1 unspecified atom stereocenters. The van der Waals surface area contributed by atoms with Gasteiger partial charge in [-0.05, 0) is 37.0 Å². The highest BCUT2D eigenvalue weighted by Crippen LogP contribution is 2.21. The Balaban J connectivity index is 2.08. The van der Waals surface area contributed by atoms with Crippen LogP contribution in [0.5, 0.6) is 0 Å². The fourth-order valence-corrected chi connectivity index (χ4v) is 2.35. The number of rotatable bonds is 2. The molecule has 0 radical (unpaired) electrons. The molecule has 2 rings (SSSR count). The fourth-order valence-electron chi connectivity index (χ4n) is 2.15. The highest BCUT2D eigenvalue weighted by molar-refractivity contribution is 6.30. The Labute approximate surface area is 105 Å². The van der Waals surface area contributed by atoms with Crippen LogP contribution in [0.15, 0.2) is 18.2 Å². The largest absolute Gasteiger partial charge is 0.356 e. The molecule has 1 heterocycles. The summed E-state index contributed by atoms with van der Waals surface area (Å²) in [7, 11) is 0. The summed E-state index contributed by atoms with van der Waals surface area (Å²) in [5.41, 5.74) is 0.915. The van der Waals surface area contributed by atoms with Gasteiger partial charge in [0.25, 0.3) is 0 Å². The first-order valence-electron chi connectivity index (χ1n) is 5.88. The first kappa shape index (κ1) is 12.4. The molecule has 0 aliphatic carbocycles. The van der Waals surface area contributed by atoms with E-state index in [1.807, 2.05) is 0 Å². The predicted molar refractivity (Wildman–Crippen MR) is 65.5 cm³/mol. The van der Waals surface area contributed by atoms with Gasteiger partial charge in [0.15, 0.2) is 0 Å². The lowest BCUT2D eigenvalue weighted by Gasteiger charge is -2.13. The third-order valence-electron chi connectivity index (χ3n) is 3.12. The van der Waals surface area contributed by atoms with Crippen molar-refractivity contribution in [2.45, 2.75) is 25.7 Å². The summed E-state index contributed by atoms with van der Waals surface area (Å²) < 4.78 is 13.0. The summed E-state index contributed by atoms with van der Waals surface area (Å²) in [4.78, 5) is 11.8. The Morgan fingerprint density at radius 3 is 3.00 bits per heavy atom. The molecule has 1 N–H and O–H groups in total. The minimum absolute atomic E-state index is 0.0148. The Hall–Kier alpha value is -1.09. The van der Waals surface area contributed by atoms with Gasteiger partial charge in [-0.3, -0.25) is 4.79 Å². The second-order valence-corrected chi connectivity index (χ2v) is 4.84. The average Bonchev–Trinajstić information content (AvgIpc) is 2.50. The van der Waals surface area contributed by atoms with E-state index in [-0.39, 0.29) is 16.8 Å². The highest BCUT2D eigenvalue weighted by Gasteiger charge is 2.21. The van der Waals surface area contributed by atoms with Crippen molar-refractivity contribution in [3.05, 3.63) is 34.6 Å². The van der Waals surface area contributed by atoms with Gasteiger partial charge in [0.1, 0.15) is 5.82 Å². The van der Waals surface area contributed by atoms with Gasteiger partial charge in [-0.25, -0.2) is 4.39 Å². The van der Waals surface area contributed by atoms with E-state index in [0.717, 1.165) is 31.4 Å². The maximum atomic E-state index is 13.0. The van der Waals surface area contributed by atoms with Crippen LogP contribution in [0.25, 0.3) is 0 Å². The summed E-state index contributed by atoms with van der Waals surface area (Å²) in [6.45, 7) is 0.763. The van der Waals surface area contributed by atoms with E-state index >= 15 is 0 Å². The van der Waals surface area contributed by atoms with E-state index in [2.05, 4.69) is 5.32 Å². The van der Waals surface area contributed by atoms with Crippen LogP contribution in [0.3, 0.4) is 0 Å². The van der Waals surface area contributed by atoms with Crippen molar-refractivity contribution in [1.29, 1.82) is 0 Å². The maximum Gasteiger partial charge on any atom is 0.223 e. The van der Waals surface area contributed by atoms with Crippen LogP contribution >= 0.6 is 11.6 Å². The minimum Gasteiger partial charge on any atom is -0.356 e. The maximum absolute atomic E-state index is 13.0. The van der Waals surface area contributed by atoms with Crippen LogP contribution in [0, 0.1) is 11.7 Å². The normalized spacial score (nSPS) is 20.8. The van der Waals surface area contributed by atoms with Crippen LogP contribution in [0.4, 0.5) is 4.39 Å². The fraction of sp³-hybridized carbons (Fsp3) is 0.462. The third kappa shape index (κ3) is 3.19. The van der Waals surface area contributed by atoms with Crippen LogP contribution in [0.2, 0.25) is 5.02 Å². The smallest absolute Gasteiger partial charge is 0.223 e. The van der Waals surface area contributed by atoms with Crippen molar-refractivity contribution in [2.75, 3.05) is 6.54 Å². The lowest BCUT2D eigenvalue weighted by Crippen LogP contribution is -2.30. The summed E-state index contributed by atoms with van der Waals surface area (Å²) in [5, 5.41) is 3.02. The second kappa shape index (κ2) is 5.50. The molecule has 0 bridgehead atoms. The molecule has 1 fully saturated rings. The Morgan fingerprint density at radius 1 is 1.41 bits per heavy atom. The van der Waals surface area contributed by atoms with Crippen molar-refractivity contribution >= 4 is 17.5 Å². The quantitative estimate of drug-likeness (QED) is 0.865. The molecule has 1 aromatic carbocycles. The number of hydrogen-bond acceptors (Lipinski definition) is 1. The highest BCUT2D eigenvalue weighted by atomic mass is 35.5. The zero-order chi connectivity index (χ0) is 12.3. The van der Waals surface area contributed by atoms with Gasteiger partial charge in [0.05, 0.1) is 5.02 Å². The van der Waals surface area contributed by atoms with E-state index in [9.17, 15) is 9.18 Å².